The van der Waals surface area contributed by atoms with Crippen LogP contribution in [-0.4, -0.2) is 140 Å². The quantitative estimate of drug-likeness (QED) is 0.0297. The maximum absolute atomic E-state index is 13.1. The van der Waals surface area contributed by atoms with E-state index in [1.165, 1.54) is 51.4 Å². The van der Waals surface area contributed by atoms with Crippen LogP contribution in [0.5, 0.6) is 0 Å². The van der Waals surface area contributed by atoms with Gasteiger partial charge >= 0.3 is 0 Å². The van der Waals surface area contributed by atoms with Gasteiger partial charge in [-0.2, -0.15) is 0 Å². The van der Waals surface area contributed by atoms with Gasteiger partial charge in [-0.25, -0.2) is 0 Å². The number of hydrogen-bond acceptors (Lipinski definition) is 13. The van der Waals surface area contributed by atoms with Crippen molar-refractivity contribution in [1.82, 2.24) is 5.32 Å². The Morgan fingerprint density at radius 1 is 0.590 bits per heavy atom. The fourth-order valence-corrected chi connectivity index (χ4v) is 7.65. The molecule has 2 fully saturated rings. The molecule has 2 rings (SSSR count). The highest BCUT2D eigenvalue weighted by atomic mass is 16.7. The van der Waals surface area contributed by atoms with E-state index in [1.54, 1.807) is 0 Å². The summed E-state index contributed by atoms with van der Waals surface area (Å²) in [5, 5.41) is 86.5. The first kappa shape index (κ1) is 55.3. The molecule has 0 aromatic heterocycles. The highest BCUT2D eigenvalue weighted by molar-refractivity contribution is 5.76. The summed E-state index contributed by atoms with van der Waals surface area (Å²) in [7, 11) is 0. The Bertz CT molecular complexity index is 1170. The maximum atomic E-state index is 13.1. The zero-order chi connectivity index (χ0) is 44.7. The minimum absolute atomic E-state index is 0.225. The molecule has 12 unspecified atom stereocenters. The van der Waals surface area contributed by atoms with Gasteiger partial charge in [0.15, 0.2) is 12.6 Å². The molecule has 0 aromatic carbocycles. The Labute approximate surface area is 366 Å². The van der Waals surface area contributed by atoms with Crippen molar-refractivity contribution in [1.29, 1.82) is 0 Å². The van der Waals surface area contributed by atoms with Gasteiger partial charge in [0.1, 0.15) is 48.8 Å². The number of hydrogen-bond donors (Lipinski definition) is 9. The fourth-order valence-electron chi connectivity index (χ4n) is 7.65. The molecule has 14 nitrogen and oxygen atoms in total. The summed E-state index contributed by atoms with van der Waals surface area (Å²) in [5.74, 6) is -0.225. The second-order valence-electron chi connectivity index (χ2n) is 16.9. The molecule has 0 bridgehead atoms. The number of ether oxygens (including phenoxy) is 4. The van der Waals surface area contributed by atoms with E-state index in [1.807, 2.05) is 0 Å². The van der Waals surface area contributed by atoms with Gasteiger partial charge in [-0.15, -0.1) is 0 Å². The van der Waals surface area contributed by atoms with Crippen molar-refractivity contribution in [2.75, 3.05) is 19.8 Å². The minimum Gasteiger partial charge on any atom is -0.394 e. The zero-order valence-electron chi connectivity index (χ0n) is 37.4. The SMILES string of the molecule is CCCCC/C=C\C/C=C\C/C=C\CCCCCCCCC(=O)NC(COC1OC(CO)C(OC2OC(CO)C(O)C(O)C2O)C(O)C1O)C(O)CCCCCCCCCC. The average molecular weight is 872 g/mol. The lowest BCUT2D eigenvalue weighted by Gasteiger charge is -2.46. The number of nitrogens with one attached hydrogen (secondary N) is 1. The number of aliphatic hydroxyl groups is 8. The summed E-state index contributed by atoms with van der Waals surface area (Å²) < 4.78 is 22.6. The van der Waals surface area contributed by atoms with Gasteiger partial charge in [-0.3, -0.25) is 4.79 Å². The minimum atomic E-state index is -1.78. The molecule has 0 saturated carbocycles. The first-order chi connectivity index (χ1) is 29.6. The molecule has 2 aliphatic rings. The van der Waals surface area contributed by atoms with Gasteiger partial charge in [-0.05, 0) is 51.4 Å². The van der Waals surface area contributed by atoms with Crippen molar-refractivity contribution in [3.8, 4) is 0 Å². The Balaban J connectivity index is 1.82. The van der Waals surface area contributed by atoms with Crippen molar-refractivity contribution in [2.45, 2.75) is 235 Å². The van der Waals surface area contributed by atoms with Gasteiger partial charge in [0, 0.05) is 6.42 Å². The lowest BCUT2D eigenvalue weighted by molar-refractivity contribution is -0.359. The van der Waals surface area contributed by atoms with Crippen LogP contribution in [0.4, 0.5) is 0 Å². The number of unbranched alkanes of at least 4 members (excludes halogenated alkanes) is 16. The first-order valence-corrected chi connectivity index (χ1v) is 23.7. The lowest BCUT2D eigenvalue weighted by Crippen LogP contribution is -2.65. The largest absolute Gasteiger partial charge is 0.394 e. The number of amides is 1. The molecule has 356 valence electrons. The summed E-state index contributed by atoms with van der Waals surface area (Å²) in [6, 6.07) is -0.832. The van der Waals surface area contributed by atoms with Crippen molar-refractivity contribution in [2.24, 2.45) is 0 Å². The van der Waals surface area contributed by atoms with Crippen LogP contribution < -0.4 is 5.32 Å². The van der Waals surface area contributed by atoms with E-state index >= 15 is 0 Å². The molecule has 2 heterocycles. The molecule has 14 heteroatoms. The third kappa shape index (κ3) is 22.6. The van der Waals surface area contributed by atoms with Crippen LogP contribution >= 0.6 is 0 Å². The Morgan fingerprint density at radius 2 is 1.08 bits per heavy atom. The number of rotatable bonds is 35. The summed E-state index contributed by atoms with van der Waals surface area (Å²) in [6.45, 7) is 2.75. The van der Waals surface area contributed by atoms with Crippen LogP contribution in [0.2, 0.25) is 0 Å². The maximum Gasteiger partial charge on any atom is 0.220 e. The molecule has 61 heavy (non-hydrogen) atoms. The van der Waals surface area contributed by atoms with Crippen LogP contribution in [0.3, 0.4) is 0 Å². The predicted molar refractivity (Wildman–Crippen MR) is 235 cm³/mol. The third-order valence-corrected chi connectivity index (χ3v) is 11.6. The summed E-state index contributed by atoms with van der Waals surface area (Å²) in [4.78, 5) is 13.1. The van der Waals surface area contributed by atoms with Gasteiger partial charge in [-0.1, -0.05) is 140 Å². The van der Waals surface area contributed by atoms with E-state index in [-0.39, 0.29) is 18.9 Å². The molecule has 0 aromatic rings. The number of carbonyl (C=O) groups excluding carboxylic acids is 1. The molecule has 2 aliphatic heterocycles. The zero-order valence-corrected chi connectivity index (χ0v) is 37.4. The van der Waals surface area contributed by atoms with Crippen molar-refractivity contribution < 1.29 is 64.6 Å². The van der Waals surface area contributed by atoms with Gasteiger partial charge in [0.25, 0.3) is 0 Å². The third-order valence-electron chi connectivity index (χ3n) is 11.6. The van der Waals surface area contributed by atoms with Crippen molar-refractivity contribution >= 4 is 5.91 Å². The van der Waals surface area contributed by atoms with Gasteiger partial charge < -0.3 is 65.1 Å². The molecule has 2 saturated heterocycles. The number of carbonyl (C=O) groups is 1. The summed E-state index contributed by atoms with van der Waals surface area (Å²) in [5.41, 5.74) is 0. The van der Waals surface area contributed by atoms with Crippen LogP contribution in [-0.2, 0) is 23.7 Å². The first-order valence-electron chi connectivity index (χ1n) is 23.7. The topological polar surface area (TPSA) is 228 Å². The smallest absolute Gasteiger partial charge is 0.220 e. The van der Waals surface area contributed by atoms with E-state index in [0.29, 0.717) is 12.8 Å². The highest BCUT2D eigenvalue weighted by Gasteiger charge is 2.51. The highest BCUT2D eigenvalue weighted by Crippen LogP contribution is 2.30. The number of aliphatic hydroxyl groups excluding tert-OH is 8. The molecule has 0 radical (unpaired) electrons. The molecule has 12 atom stereocenters. The Hall–Kier alpha value is -1.79. The van der Waals surface area contributed by atoms with Gasteiger partial charge in [0.2, 0.25) is 5.91 Å². The second kappa shape index (κ2) is 34.6. The second-order valence-corrected chi connectivity index (χ2v) is 16.9. The normalized spacial score (nSPS) is 28.3. The molecular weight excluding hydrogens is 787 g/mol. The lowest BCUT2D eigenvalue weighted by atomic mass is 9.97. The summed E-state index contributed by atoms with van der Waals surface area (Å²) in [6.07, 6.45) is 20.2. The number of allylic oxidation sites excluding steroid dienone is 6. The van der Waals surface area contributed by atoms with E-state index in [4.69, 9.17) is 18.9 Å². The molecule has 1 amide bonds. The van der Waals surface area contributed by atoms with Gasteiger partial charge in [0.05, 0.1) is 32.0 Å². The van der Waals surface area contributed by atoms with E-state index in [0.717, 1.165) is 77.0 Å². The predicted octanol–water partition coefficient (Wildman–Crippen LogP) is 5.15. The standard InChI is InChI=1S/C47H85NO13/c1-3-5-7-9-11-13-14-15-16-17-18-19-20-21-22-23-25-27-29-31-39(52)48-35(36(51)30-28-26-24-12-10-8-6-4-2)34-58-46-44(57)42(55)45(38(33-50)60-46)61-47-43(56)41(54)40(53)37(32-49)59-47/h11,13,15-16,18-19,35-38,40-47,49-51,53-57H,3-10,12,14,17,20-34H2,1-2H3,(H,48,52)/b13-11-,16-15-,19-18-. The summed E-state index contributed by atoms with van der Waals surface area (Å²) >= 11 is 0. The van der Waals surface area contributed by atoms with Crippen molar-refractivity contribution in [3.05, 3.63) is 36.5 Å². The van der Waals surface area contributed by atoms with Crippen LogP contribution in [0.1, 0.15) is 162 Å². The Morgan fingerprint density at radius 3 is 1.69 bits per heavy atom. The monoisotopic (exact) mass is 872 g/mol. The molecule has 0 spiro atoms. The van der Waals surface area contributed by atoms with E-state index in [9.17, 15) is 45.6 Å². The molecular formula is C47H85NO13. The average Bonchev–Trinajstić information content (AvgIpc) is 3.26. The van der Waals surface area contributed by atoms with Crippen LogP contribution in [0, 0.1) is 0 Å². The van der Waals surface area contributed by atoms with Crippen molar-refractivity contribution in [3.63, 3.8) is 0 Å². The molecule has 9 N–H and O–H groups in total. The Kier molecular flexibility index (Phi) is 31.4. The van der Waals surface area contributed by atoms with E-state index in [2.05, 4.69) is 55.6 Å². The van der Waals surface area contributed by atoms with Crippen LogP contribution in [0.25, 0.3) is 0 Å². The van der Waals surface area contributed by atoms with Crippen LogP contribution in [0.15, 0.2) is 36.5 Å². The van der Waals surface area contributed by atoms with E-state index < -0.39 is 86.8 Å². The molecule has 0 aliphatic carbocycles. The fraction of sp³-hybridized carbons (Fsp3) is 0.851.